The smallest absolute Gasteiger partial charge is 0.303 e. The molecule has 1 amide bonds. The number of nitrogens with one attached hydrogen (secondary N) is 1. The van der Waals surface area contributed by atoms with Gasteiger partial charge < -0.3 is 47.9 Å². The van der Waals surface area contributed by atoms with Crippen LogP contribution >= 0.6 is 0 Å². The standard InChI is InChI=1S/C33H41NO15/c1-15-25(44-17(3)36)12-23-24(31(40)34-21-8-10-22(41-7)11-9-21)13-43-32(27(15)23)49-33-30(47-20(6)39)29(46-19(5)38)28(45-18(4)37)26(48-33)14-42-16(2)35/h8-11,13,15,23,25-30,32-33H,12,14H2,1-7H3,(H,34,40)/t15-,23+,25-,26+,27+,28+,29-,30+,32-,33-/m0/s1. The molecule has 2 aliphatic heterocycles. The van der Waals surface area contributed by atoms with Crippen molar-refractivity contribution >= 4 is 41.4 Å². The number of hydrogen-bond acceptors (Lipinski definition) is 15. The van der Waals surface area contributed by atoms with E-state index in [2.05, 4.69) is 5.32 Å². The largest absolute Gasteiger partial charge is 0.497 e. The molecule has 0 radical (unpaired) electrons. The number of hydrogen-bond donors (Lipinski definition) is 1. The third kappa shape index (κ3) is 9.26. The second-order valence-electron chi connectivity index (χ2n) is 11.9. The SMILES string of the molecule is COc1ccc(NC(=O)C2=CO[C@@H](O[C@@H]3O[C@H](COC(C)=O)[C@@H](OC(C)=O)[C@H](OC(C)=O)[C@H]3OC(C)=O)[C@@H]3[C@@H](C)[C@@H](OC(C)=O)C[C@H]23)cc1. The summed E-state index contributed by atoms with van der Waals surface area (Å²) in [5, 5.41) is 2.84. The number of methoxy groups -OCH3 is 1. The summed E-state index contributed by atoms with van der Waals surface area (Å²) in [5.74, 6) is -4.99. The topological polar surface area (TPSA) is 198 Å². The van der Waals surface area contributed by atoms with Gasteiger partial charge in [0.25, 0.3) is 5.91 Å². The number of amides is 1. The maximum atomic E-state index is 13.6. The summed E-state index contributed by atoms with van der Waals surface area (Å²) in [4.78, 5) is 73.9. The minimum absolute atomic E-state index is 0.259. The molecule has 49 heavy (non-hydrogen) atoms. The van der Waals surface area contributed by atoms with Crippen molar-refractivity contribution in [3.8, 4) is 5.75 Å². The number of ether oxygens (including phenoxy) is 9. The second kappa shape index (κ2) is 16.1. The second-order valence-corrected chi connectivity index (χ2v) is 11.9. The third-order valence-corrected chi connectivity index (χ3v) is 8.33. The lowest BCUT2D eigenvalue weighted by molar-refractivity contribution is -0.345. The summed E-state index contributed by atoms with van der Waals surface area (Å²) < 4.78 is 50.8. The molecule has 1 N–H and O–H groups in total. The van der Waals surface area contributed by atoms with Crippen molar-refractivity contribution in [3.05, 3.63) is 36.1 Å². The first-order chi connectivity index (χ1) is 23.2. The van der Waals surface area contributed by atoms with Crippen molar-refractivity contribution in [3.63, 3.8) is 0 Å². The summed E-state index contributed by atoms with van der Waals surface area (Å²) in [6.45, 7) is 7.14. The Labute approximate surface area is 282 Å². The first-order valence-electron chi connectivity index (χ1n) is 15.6. The highest BCUT2D eigenvalue weighted by atomic mass is 16.8. The summed E-state index contributed by atoms with van der Waals surface area (Å²) in [6.07, 6.45) is -7.40. The molecule has 1 aromatic rings. The molecule has 10 atom stereocenters. The van der Waals surface area contributed by atoms with E-state index in [0.29, 0.717) is 11.4 Å². The van der Waals surface area contributed by atoms with Crippen LogP contribution in [0.5, 0.6) is 5.75 Å². The fourth-order valence-corrected chi connectivity index (χ4v) is 6.35. The highest BCUT2D eigenvalue weighted by Crippen LogP contribution is 2.49. The Morgan fingerprint density at radius 3 is 1.94 bits per heavy atom. The van der Waals surface area contributed by atoms with Crippen molar-refractivity contribution in [2.75, 3.05) is 19.0 Å². The molecule has 3 aliphatic rings. The fourth-order valence-electron chi connectivity index (χ4n) is 6.35. The first-order valence-corrected chi connectivity index (χ1v) is 15.6. The van der Waals surface area contributed by atoms with Crippen LogP contribution in [0.2, 0.25) is 0 Å². The van der Waals surface area contributed by atoms with Crippen molar-refractivity contribution in [2.24, 2.45) is 17.8 Å². The zero-order chi connectivity index (χ0) is 36.0. The Kier molecular flexibility index (Phi) is 12.2. The Morgan fingerprint density at radius 2 is 1.37 bits per heavy atom. The third-order valence-electron chi connectivity index (χ3n) is 8.33. The van der Waals surface area contributed by atoms with Gasteiger partial charge in [-0.25, -0.2) is 0 Å². The van der Waals surface area contributed by atoms with Gasteiger partial charge in [0.05, 0.1) is 18.9 Å². The molecule has 1 aromatic carbocycles. The number of carbonyl (C=O) groups is 6. The Bertz CT molecular complexity index is 1440. The van der Waals surface area contributed by atoms with E-state index in [4.69, 9.17) is 42.6 Å². The zero-order valence-electron chi connectivity index (χ0n) is 28.2. The number of rotatable bonds is 11. The normalized spacial score (nSPS) is 30.3. The average Bonchev–Trinajstić information content (AvgIpc) is 3.33. The van der Waals surface area contributed by atoms with E-state index in [9.17, 15) is 28.8 Å². The minimum atomic E-state index is -1.53. The van der Waals surface area contributed by atoms with Crippen molar-refractivity contribution < 1.29 is 71.4 Å². The first kappa shape index (κ1) is 37.1. The van der Waals surface area contributed by atoms with Gasteiger partial charge in [0.2, 0.25) is 12.6 Å². The van der Waals surface area contributed by atoms with Crippen LogP contribution in [0, 0.1) is 17.8 Å². The maximum absolute atomic E-state index is 13.6. The van der Waals surface area contributed by atoms with Gasteiger partial charge in [0, 0.05) is 58.1 Å². The minimum Gasteiger partial charge on any atom is -0.497 e. The van der Waals surface area contributed by atoms with Gasteiger partial charge in [-0.05, 0) is 30.7 Å². The lowest BCUT2D eigenvalue weighted by Gasteiger charge is -2.46. The van der Waals surface area contributed by atoms with E-state index in [1.807, 2.05) is 6.92 Å². The van der Waals surface area contributed by atoms with E-state index in [-0.39, 0.29) is 12.0 Å². The molecule has 0 aromatic heterocycles. The summed E-state index contributed by atoms with van der Waals surface area (Å²) >= 11 is 0. The number of fused-ring (bicyclic) bond motifs is 1. The predicted molar refractivity (Wildman–Crippen MR) is 164 cm³/mol. The Morgan fingerprint density at radius 1 is 0.776 bits per heavy atom. The van der Waals surface area contributed by atoms with Crippen molar-refractivity contribution in [2.45, 2.75) is 91.1 Å². The zero-order valence-corrected chi connectivity index (χ0v) is 28.2. The molecular weight excluding hydrogens is 650 g/mol. The van der Waals surface area contributed by atoms with E-state index in [1.54, 1.807) is 24.3 Å². The summed E-state index contributed by atoms with van der Waals surface area (Å²) in [6, 6.07) is 6.73. The fraction of sp³-hybridized carbons (Fsp3) is 0.576. The van der Waals surface area contributed by atoms with E-state index >= 15 is 0 Å². The lowest BCUT2D eigenvalue weighted by atomic mass is 9.83. The molecule has 0 bridgehead atoms. The summed E-state index contributed by atoms with van der Waals surface area (Å²) in [7, 11) is 1.53. The van der Waals surface area contributed by atoms with Crippen molar-refractivity contribution in [1.82, 2.24) is 0 Å². The maximum Gasteiger partial charge on any atom is 0.303 e. The molecule has 16 heteroatoms. The number of carbonyl (C=O) groups excluding carboxylic acids is 6. The predicted octanol–water partition coefficient (Wildman–Crippen LogP) is 2.18. The molecule has 16 nitrogen and oxygen atoms in total. The Hall–Kier alpha value is -4.70. The quantitative estimate of drug-likeness (QED) is 0.262. The van der Waals surface area contributed by atoms with Gasteiger partial charge in [-0.3, -0.25) is 28.8 Å². The number of anilines is 1. The summed E-state index contributed by atoms with van der Waals surface area (Å²) in [5.41, 5.74) is 0.769. The highest BCUT2D eigenvalue weighted by molar-refractivity contribution is 6.04. The number of benzene rings is 1. The van der Waals surface area contributed by atoms with Crippen LogP contribution in [0.3, 0.4) is 0 Å². The van der Waals surface area contributed by atoms with Crippen molar-refractivity contribution in [1.29, 1.82) is 0 Å². The molecule has 1 saturated carbocycles. The molecule has 2 heterocycles. The Balaban J connectivity index is 1.68. The number of esters is 5. The van der Waals surface area contributed by atoms with E-state index in [1.165, 1.54) is 20.3 Å². The van der Waals surface area contributed by atoms with Gasteiger partial charge in [-0.1, -0.05) is 6.92 Å². The van der Waals surface area contributed by atoms with Gasteiger partial charge >= 0.3 is 29.8 Å². The average molecular weight is 692 g/mol. The van der Waals surface area contributed by atoms with Gasteiger partial charge in [0.15, 0.2) is 18.3 Å². The highest BCUT2D eigenvalue weighted by Gasteiger charge is 2.57. The van der Waals surface area contributed by atoms with E-state index in [0.717, 1.165) is 27.7 Å². The van der Waals surface area contributed by atoms with Crippen LogP contribution in [0.25, 0.3) is 0 Å². The molecule has 1 aliphatic carbocycles. The van der Waals surface area contributed by atoms with Crippen LogP contribution in [0.15, 0.2) is 36.1 Å². The molecule has 4 rings (SSSR count). The molecule has 1 saturated heterocycles. The molecule has 268 valence electrons. The van der Waals surface area contributed by atoms with Crippen LogP contribution < -0.4 is 10.1 Å². The molecule has 0 unspecified atom stereocenters. The lowest BCUT2D eigenvalue weighted by Crippen LogP contribution is -2.63. The molecule has 2 fully saturated rings. The monoisotopic (exact) mass is 691 g/mol. The van der Waals surface area contributed by atoms with Gasteiger partial charge in [-0.2, -0.15) is 0 Å². The molecular formula is C33H41NO15. The van der Waals surface area contributed by atoms with Crippen LogP contribution in [0.1, 0.15) is 48.0 Å². The van der Waals surface area contributed by atoms with Crippen LogP contribution in [0.4, 0.5) is 5.69 Å². The van der Waals surface area contributed by atoms with Crippen LogP contribution in [-0.2, 0) is 66.7 Å². The van der Waals surface area contributed by atoms with Gasteiger partial charge in [-0.15, -0.1) is 0 Å². The molecule has 0 spiro atoms. The van der Waals surface area contributed by atoms with Crippen LogP contribution in [-0.4, -0.2) is 92.6 Å². The van der Waals surface area contributed by atoms with Gasteiger partial charge in [0.1, 0.15) is 24.6 Å². The van der Waals surface area contributed by atoms with E-state index < -0.39 is 103 Å².